The maximum atomic E-state index is 12.7. The lowest BCUT2D eigenvalue weighted by Crippen LogP contribution is -2.30. The molecule has 0 aromatic heterocycles. The van der Waals surface area contributed by atoms with E-state index in [1.807, 2.05) is 19.1 Å². The zero-order valence-electron chi connectivity index (χ0n) is 15.7. The molecule has 28 heavy (non-hydrogen) atoms. The van der Waals surface area contributed by atoms with E-state index in [2.05, 4.69) is 10.6 Å². The van der Waals surface area contributed by atoms with Crippen molar-refractivity contribution < 1.29 is 13.2 Å². The molecule has 1 aliphatic heterocycles. The molecule has 0 bridgehead atoms. The molecule has 0 radical (unpaired) electrons. The highest BCUT2D eigenvalue weighted by Crippen LogP contribution is 2.23. The van der Waals surface area contributed by atoms with Crippen LogP contribution in [0, 0.1) is 0 Å². The van der Waals surface area contributed by atoms with Crippen LogP contribution in [-0.4, -0.2) is 38.3 Å². The Labute approximate surface area is 170 Å². The first kappa shape index (κ1) is 20.8. The van der Waals surface area contributed by atoms with Crippen LogP contribution in [-0.2, 0) is 14.8 Å². The second kappa shape index (κ2) is 9.05. The molecule has 1 heterocycles. The van der Waals surface area contributed by atoms with Gasteiger partial charge in [-0.3, -0.25) is 4.79 Å². The Balaban J connectivity index is 1.59. The summed E-state index contributed by atoms with van der Waals surface area (Å²) in [6.07, 6.45) is 1.76. The van der Waals surface area contributed by atoms with Crippen LogP contribution in [0.2, 0.25) is 5.02 Å². The van der Waals surface area contributed by atoms with Gasteiger partial charge >= 0.3 is 0 Å². The van der Waals surface area contributed by atoms with Crippen LogP contribution in [0.15, 0.2) is 53.4 Å². The number of carbonyl (C=O) groups is 1. The Morgan fingerprint density at radius 2 is 1.82 bits per heavy atom. The molecule has 1 atom stereocenters. The predicted octanol–water partition coefficient (Wildman–Crippen LogP) is 3.41. The van der Waals surface area contributed by atoms with Gasteiger partial charge in [0.05, 0.1) is 11.4 Å². The smallest absolute Gasteiger partial charge is 0.243 e. The number of rotatable bonds is 7. The van der Waals surface area contributed by atoms with E-state index in [1.165, 1.54) is 10.4 Å². The standard InChI is InChI=1S/C20H24ClN3O3S/c1-15(16-7-9-17(21)10-8-16)22-14-20(25)23-18-5-4-6-19(13-18)28(26,27)24-11-2-3-12-24/h4-10,13,15,22H,2-3,11-12,14H2,1H3,(H,23,25). The molecular formula is C20H24ClN3O3S. The van der Waals surface area contributed by atoms with Crippen LogP contribution in [0.4, 0.5) is 5.69 Å². The Hall–Kier alpha value is -1.93. The van der Waals surface area contributed by atoms with Gasteiger partial charge in [0.2, 0.25) is 15.9 Å². The fourth-order valence-electron chi connectivity index (χ4n) is 3.13. The van der Waals surface area contributed by atoms with Gasteiger partial charge in [-0.05, 0) is 55.7 Å². The molecule has 150 valence electrons. The maximum absolute atomic E-state index is 12.7. The summed E-state index contributed by atoms with van der Waals surface area (Å²) in [5.41, 5.74) is 1.49. The summed E-state index contributed by atoms with van der Waals surface area (Å²) in [5, 5.41) is 6.57. The van der Waals surface area contributed by atoms with Crippen molar-refractivity contribution in [3.8, 4) is 0 Å². The number of benzene rings is 2. The van der Waals surface area contributed by atoms with E-state index >= 15 is 0 Å². The van der Waals surface area contributed by atoms with Crippen molar-refractivity contribution >= 4 is 33.2 Å². The molecule has 0 saturated carbocycles. The first-order valence-electron chi connectivity index (χ1n) is 9.25. The third-order valence-electron chi connectivity index (χ3n) is 4.76. The van der Waals surface area contributed by atoms with E-state index in [1.54, 1.807) is 30.3 Å². The summed E-state index contributed by atoms with van der Waals surface area (Å²) in [4.78, 5) is 12.5. The van der Waals surface area contributed by atoms with E-state index in [-0.39, 0.29) is 23.4 Å². The van der Waals surface area contributed by atoms with E-state index in [0.29, 0.717) is 23.8 Å². The van der Waals surface area contributed by atoms with Crippen molar-refractivity contribution in [3.05, 3.63) is 59.1 Å². The van der Waals surface area contributed by atoms with Crippen LogP contribution in [0.25, 0.3) is 0 Å². The topological polar surface area (TPSA) is 78.5 Å². The highest BCUT2D eigenvalue weighted by Gasteiger charge is 2.27. The molecule has 3 rings (SSSR count). The first-order chi connectivity index (χ1) is 13.4. The van der Waals surface area contributed by atoms with Crippen LogP contribution in [0.3, 0.4) is 0 Å². The van der Waals surface area contributed by atoms with E-state index in [4.69, 9.17) is 11.6 Å². The SMILES string of the molecule is CC(NCC(=O)Nc1cccc(S(=O)(=O)N2CCCC2)c1)c1ccc(Cl)cc1. The lowest BCUT2D eigenvalue weighted by molar-refractivity contribution is -0.115. The monoisotopic (exact) mass is 421 g/mol. The lowest BCUT2D eigenvalue weighted by atomic mass is 10.1. The van der Waals surface area contributed by atoms with Gasteiger partial charge in [0.25, 0.3) is 0 Å². The minimum atomic E-state index is -3.51. The summed E-state index contributed by atoms with van der Waals surface area (Å²) in [6.45, 7) is 3.16. The third kappa shape index (κ3) is 5.11. The van der Waals surface area contributed by atoms with E-state index in [0.717, 1.165) is 18.4 Å². The molecule has 6 nitrogen and oxygen atoms in total. The van der Waals surface area contributed by atoms with Gasteiger partial charge in [-0.1, -0.05) is 29.8 Å². The number of hydrogen-bond acceptors (Lipinski definition) is 4. The molecule has 2 aromatic carbocycles. The van der Waals surface area contributed by atoms with Crippen molar-refractivity contribution in [3.63, 3.8) is 0 Å². The Morgan fingerprint density at radius 3 is 2.50 bits per heavy atom. The summed E-state index contributed by atoms with van der Waals surface area (Å²) < 4.78 is 26.8. The van der Waals surface area contributed by atoms with Crippen molar-refractivity contribution in [2.75, 3.05) is 25.0 Å². The van der Waals surface area contributed by atoms with Gasteiger partial charge in [0.1, 0.15) is 0 Å². The van der Waals surface area contributed by atoms with Crippen molar-refractivity contribution in [1.29, 1.82) is 0 Å². The molecule has 1 saturated heterocycles. The molecule has 2 aromatic rings. The number of amides is 1. The Kier molecular flexibility index (Phi) is 6.72. The average Bonchev–Trinajstić information content (AvgIpc) is 3.22. The fourth-order valence-corrected chi connectivity index (χ4v) is 4.82. The molecule has 2 N–H and O–H groups in total. The van der Waals surface area contributed by atoms with Crippen molar-refractivity contribution in [2.45, 2.75) is 30.7 Å². The maximum Gasteiger partial charge on any atom is 0.243 e. The minimum Gasteiger partial charge on any atom is -0.325 e. The van der Waals surface area contributed by atoms with E-state index in [9.17, 15) is 13.2 Å². The first-order valence-corrected chi connectivity index (χ1v) is 11.1. The molecule has 0 spiro atoms. The van der Waals surface area contributed by atoms with E-state index < -0.39 is 10.0 Å². The highest BCUT2D eigenvalue weighted by molar-refractivity contribution is 7.89. The van der Waals surface area contributed by atoms with Gasteiger partial charge < -0.3 is 10.6 Å². The number of nitrogens with one attached hydrogen (secondary N) is 2. The van der Waals surface area contributed by atoms with Gasteiger partial charge in [-0.2, -0.15) is 4.31 Å². The van der Waals surface area contributed by atoms with Crippen molar-refractivity contribution in [2.24, 2.45) is 0 Å². The summed E-state index contributed by atoms with van der Waals surface area (Å²) in [5.74, 6) is -0.239. The number of halogens is 1. The van der Waals surface area contributed by atoms with Gasteiger partial charge in [0.15, 0.2) is 0 Å². The van der Waals surface area contributed by atoms with Gasteiger partial charge in [0, 0.05) is 29.8 Å². The number of nitrogens with zero attached hydrogens (tertiary/aromatic N) is 1. The van der Waals surface area contributed by atoms with Gasteiger partial charge in [-0.15, -0.1) is 0 Å². The third-order valence-corrected chi connectivity index (χ3v) is 6.91. The minimum absolute atomic E-state index is 0.0232. The Morgan fingerprint density at radius 1 is 1.14 bits per heavy atom. The molecular weight excluding hydrogens is 398 g/mol. The lowest BCUT2D eigenvalue weighted by Gasteiger charge is -2.17. The Bertz CT molecular complexity index is 926. The number of anilines is 1. The number of carbonyl (C=O) groups excluding carboxylic acids is 1. The van der Waals surface area contributed by atoms with Crippen LogP contribution in [0.1, 0.15) is 31.4 Å². The van der Waals surface area contributed by atoms with Crippen LogP contribution < -0.4 is 10.6 Å². The largest absolute Gasteiger partial charge is 0.325 e. The zero-order valence-corrected chi connectivity index (χ0v) is 17.3. The second-order valence-electron chi connectivity index (χ2n) is 6.84. The molecule has 8 heteroatoms. The molecule has 1 unspecified atom stereocenters. The number of hydrogen-bond donors (Lipinski definition) is 2. The zero-order chi connectivity index (χ0) is 20.1. The van der Waals surface area contributed by atoms with Crippen molar-refractivity contribution in [1.82, 2.24) is 9.62 Å². The van der Waals surface area contributed by atoms with Gasteiger partial charge in [-0.25, -0.2) is 8.42 Å². The molecule has 1 fully saturated rings. The van der Waals surface area contributed by atoms with Crippen LogP contribution in [0.5, 0.6) is 0 Å². The predicted molar refractivity (Wildman–Crippen MR) is 111 cm³/mol. The molecule has 1 aliphatic rings. The average molecular weight is 422 g/mol. The summed E-state index contributed by atoms with van der Waals surface area (Å²) in [6, 6.07) is 13.8. The quantitative estimate of drug-likeness (QED) is 0.718. The molecule has 0 aliphatic carbocycles. The van der Waals surface area contributed by atoms with Crippen LogP contribution >= 0.6 is 11.6 Å². The normalized spacial score (nSPS) is 16.1. The highest BCUT2D eigenvalue weighted by atomic mass is 35.5. The summed E-state index contributed by atoms with van der Waals surface area (Å²) >= 11 is 5.89. The fraction of sp³-hybridized carbons (Fsp3) is 0.350. The summed E-state index contributed by atoms with van der Waals surface area (Å²) in [7, 11) is -3.51. The second-order valence-corrected chi connectivity index (χ2v) is 9.22. The number of sulfonamides is 1. The molecule has 1 amide bonds.